The van der Waals surface area contributed by atoms with Crippen LogP contribution in [0, 0.1) is 6.92 Å². The van der Waals surface area contributed by atoms with E-state index in [1.54, 1.807) is 19.1 Å². The van der Waals surface area contributed by atoms with Crippen LogP contribution in [0.1, 0.15) is 27.2 Å². The lowest BCUT2D eigenvalue weighted by Gasteiger charge is -2.13. The molecule has 1 aromatic carbocycles. The third-order valence-electron chi connectivity index (χ3n) is 3.59. The summed E-state index contributed by atoms with van der Waals surface area (Å²) in [6.07, 6.45) is -3.11. The van der Waals surface area contributed by atoms with Crippen molar-refractivity contribution in [1.82, 2.24) is 14.6 Å². The number of aromatic nitrogens is 3. The number of alkyl halides is 3. The molecule has 0 bridgehead atoms. The number of amides is 1. The Balaban J connectivity index is 1.95. The number of anilines is 1. The van der Waals surface area contributed by atoms with Gasteiger partial charge in [-0.15, -0.1) is 0 Å². The number of halogens is 3. The van der Waals surface area contributed by atoms with Gasteiger partial charge in [0.1, 0.15) is 5.82 Å². The lowest BCUT2D eigenvalue weighted by Crippen LogP contribution is -2.18. The van der Waals surface area contributed by atoms with Gasteiger partial charge < -0.3 is 11.1 Å². The zero-order valence-electron chi connectivity index (χ0n) is 13.1. The third-order valence-corrected chi connectivity index (χ3v) is 3.59. The van der Waals surface area contributed by atoms with Gasteiger partial charge in [-0.05, 0) is 24.6 Å². The van der Waals surface area contributed by atoms with Gasteiger partial charge in [0.15, 0.2) is 5.65 Å². The highest BCUT2D eigenvalue weighted by atomic mass is 19.4. The Morgan fingerprint density at radius 2 is 2.08 bits per heavy atom. The van der Waals surface area contributed by atoms with Gasteiger partial charge >= 0.3 is 6.18 Å². The van der Waals surface area contributed by atoms with Crippen LogP contribution in [0.5, 0.6) is 0 Å². The third kappa shape index (κ3) is 3.39. The molecule has 2 heterocycles. The molecule has 0 fully saturated rings. The molecule has 0 saturated heterocycles. The SMILES string of the molecule is Cc1cc2ncc(C(N)=O)c(NCc3cccc(C(F)(F)F)c3)n2n1. The number of nitrogens with two attached hydrogens (primary N) is 1. The molecule has 3 rings (SSSR count). The minimum absolute atomic E-state index is 0.0578. The van der Waals surface area contributed by atoms with Gasteiger partial charge in [-0.2, -0.15) is 22.8 Å². The van der Waals surface area contributed by atoms with Gasteiger partial charge in [0.2, 0.25) is 0 Å². The number of benzene rings is 1. The molecule has 25 heavy (non-hydrogen) atoms. The first-order valence-electron chi connectivity index (χ1n) is 7.31. The number of rotatable bonds is 4. The minimum atomic E-state index is -4.42. The van der Waals surface area contributed by atoms with Gasteiger partial charge in [-0.25, -0.2) is 4.98 Å². The predicted molar refractivity (Wildman–Crippen MR) is 85.0 cm³/mol. The second kappa shape index (κ2) is 6.08. The fourth-order valence-electron chi connectivity index (χ4n) is 2.44. The molecule has 6 nitrogen and oxygen atoms in total. The van der Waals surface area contributed by atoms with E-state index < -0.39 is 17.6 Å². The predicted octanol–water partition coefficient (Wildman–Crippen LogP) is 2.77. The molecule has 3 N–H and O–H groups in total. The number of carbonyl (C=O) groups excluding carboxylic acids is 1. The van der Waals surface area contributed by atoms with E-state index in [0.29, 0.717) is 16.9 Å². The first-order valence-corrected chi connectivity index (χ1v) is 7.31. The average Bonchev–Trinajstić information content (AvgIpc) is 2.92. The van der Waals surface area contributed by atoms with Crippen molar-refractivity contribution in [2.75, 3.05) is 5.32 Å². The molecule has 0 aliphatic rings. The van der Waals surface area contributed by atoms with E-state index in [9.17, 15) is 18.0 Å². The Morgan fingerprint density at radius 1 is 1.32 bits per heavy atom. The summed E-state index contributed by atoms with van der Waals surface area (Å²) in [6, 6.07) is 6.64. The number of fused-ring (bicyclic) bond motifs is 1. The molecule has 0 spiro atoms. The summed E-state index contributed by atoms with van der Waals surface area (Å²) in [5.41, 5.74) is 6.29. The molecule has 0 aliphatic heterocycles. The second-order valence-electron chi connectivity index (χ2n) is 5.49. The molecule has 130 valence electrons. The monoisotopic (exact) mass is 349 g/mol. The Morgan fingerprint density at radius 3 is 2.76 bits per heavy atom. The van der Waals surface area contributed by atoms with E-state index >= 15 is 0 Å². The summed E-state index contributed by atoms with van der Waals surface area (Å²) in [4.78, 5) is 15.7. The van der Waals surface area contributed by atoms with Crippen LogP contribution in [-0.4, -0.2) is 20.5 Å². The topological polar surface area (TPSA) is 85.3 Å². The summed E-state index contributed by atoms with van der Waals surface area (Å²) < 4.78 is 39.8. The molecule has 2 aromatic heterocycles. The Kier molecular flexibility index (Phi) is 4.07. The minimum Gasteiger partial charge on any atom is -0.365 e. The van der Waals surface area contributed by atoms with Gasteiger partial charge in [0.05, 0.1) is 16.8 Å². The molecule has 1 amide bonds. The van der Waals surface area contributed by atoms with Gasteiger partial charge in [0, 0.05) is 18.8 Å². The summed E-state index contributed by atoms with van der Waals surface area (Å²) >= 11 is 0. The van der Waals surface area contributed by atoms with Gasteiger partial charge in [-0.3, -0.25) is 4.79 Å². The molecule has 0 aliphatic carbocycles. The fraction of sp³-hybridized carbons (Fsp3) is 0.188. The van der Waals surface area contributed by atoms with Crippen molar-refractivity contribution in [2.24, 2.45) is 5.73 Å². The normalized spacial score (nSPS) is 11.7. The lowest BCUT2D eigenvalue weighted by molar-refractivity contribution is -0.137. The maximum Gasteiger partial charge on any atom is 0.416 e. The van der Waals surface area contributed by atoms with Crippen LogP contribution in [0.4, 0.5) is 19.0 Å². The summed E-state index contributed by atoms with van der Waals surface area (Å²) in [6.45, 7) is 1.82. The van der Waals surface area contributed by atoms with Crippen LogP contribution in [0.15, 0.2) is 36.5 Å². The molecule has 0 atom stereocenters. The van der Waals surface area contributed by atoms with Crippen molar-refractivity contribution < 1.29 is 18.0 Å². The molecule has 9 heteroatoms. The van der Waals surface area contributed by atoms with E-state index in [4.69, 9.17) is 5.73 Å². The number of carbonyl (C=O) groups is 1. The van der Waals surface area contributed by atoms with E-state index in [0.717, 1.165) is 12.1 Å². The van der Waals surface area contributed by atoms with Crippen molar-refractivity contribution in [3.8, 4) is 0 Å². The first-order chi connectivity index (χ1) is 11.8. The number of hydrogen-bond donors (Lipinski definition) is 2. The summed E-state index contributed by atoms with van der Waals surface area (Å²) in [5, 5.41) is 7.17. The van der Waals surface area contributed by atoms with Crippen molar-refractivity contribution in [1.29, 1.82) is 0 Å². The van der Waals surface area contributed by atoms with Crippen molar-refractivity contribution in [2.45, 2.75) is 19.6 Å². The molecular weight excluding hydrogens is 335 g/mol. The highest BCUT2D eigenvalue weighted by molar-refractivity contribution is 5.97. The Bertz CT molecular complexity index is 949. The Labute approximate surface area is 140 Å². The number of hydrogen-bond acceptors (Lipinski definition) is 4. The van der Waals surface area contributed by atoms with E-state index in [1.165, 1.54) is 16.8 Å². The van der Waals surface area contributed by atoms with Crippen molar-refractivity contribution in [3.05, 3.63) is 58.9 Å². The first kappa shape index (κ1) is 16.7. The maximum absolute atomic E-state index is 12.8. The average molecular weight is 349 g/mol. The Hall–Kier alpha value is -3.10. The zero-order valence-corrected chi connectivity index (χ0v) is 13.1. The van der Waals surface area contributed by atoms with Crippen molar-refractivity contribution in [3.63, 3.8) is 0 Å². The number of primary amides is 1. The maximum atomic E-state index is 12.8. The van der Waals surface area contributed by atoms with E-state index in [1.807, 2.05) is 0 Å². The van der Waals surface area contributed by atoms with Gasteiger partial charge in [0.25, 0.3) is 5.91 Å². The largest absolute Gasteiger partial charge is 0.416 e. The smallest absolute Gasteiger partial charge is 0.365 e. The lowest BCUT2D eigenvalue weighted by atomic mass is 10.1. The molecule has 3 aromatic rings. The standard InChI is InChI=1S/C16H14F3N5O/c1-9-5-13-21-8-12(14(20)25)15(24(13)23-9)22-7-10-3-2-4-11(6-10)16(17,18)19/h2-6,8,22H,7H2,1H3,(H2,20,25). The van der Waals surface area contributed by atoms with E-state index in [2.05, 4.69) is 15.4 Å². The highest BCUT2D eigenvalue weighted by Gasteiger charge is 2.30. The van der Waals surface area contributed by atoms with Crippen LogP contribution in [0.2, 0.25) is 0 Å². The van der Waals surface area contributed by atoms with Crippen molar-refractivity contribution >= 4 is 17.4 Å². The molecule has 0 saturated carbocycles. The van der Waals surface area contributed by atoms with Gasteiger partial charge in [-0.1, -0.05) is 12.1 Å². The fourth-order valence-corrected chi connectivity index (χ4v) is 2.44. The van der Waals surface area contributed by atoms with Crippen LogP contribution in [0.25, 0.3) is 5.65 Å². The molecular formula is C16H14F3N5O. The van der Waals surface area contributed by atoms with Crippen LogP contribution < -0.4 is 11.1 Å². The second-order valence-corrected chi connectivity index (χ2v) is 5.49. The summed E-state index contributed by atoms with van der Waals surface area (Å²) in [5.74, 6) is -0.433. The van der Waals surface area contributed by atoms with Crippen LogP contribution in [-0.2, 0) is 12.7 Å². The number of nitrogens with one attached hydrogen (secondary N) is 1. The molecule has 0 unspecified atom stereocenters. The number of aryl methyl sites for hydroxylation is 1. The van der Waals surface area contributed by atoms with Crippen LogP contribution in [0.3, 0.4) is 0 Å². The van der Waals surface area contributed by atoms with Crippen LogP contribution >= 0.6 is 0 Å². The highest BCUT2D eigenvalue weighted by Crippen LogP contribution is 2.29. The van der Waals surface area contributed by atoms with E-state index in [-0.39, 0.29) is 17.9 Å². The molecule has 0 radical (unpaired) electrons. The quantitative estimate of drug-likeness (QED) is 0.758. The summed E-state index contributed by atoms with van der Waals surface area (Å²) in [7, 11) is 0. The zero-order chi connectivity index (χ0) is 18.2. The number of nitrogens with zero attached hydrogens (tertiary/aromatic N) is 3.